The average Bonchev–Trinajstić information content (AvgIpc) is 2.28. The summed E-state index contributed by atoms with van der Waals surface area (Å²) in [7, 11) is 0. The summed E-state index contributed by atoms with van der Waals surface area (Å²) in [6, 6.07) is 4.81. The van der Waals surface area contributed by atoms with Crippen LogP contribution in [0.2, 0.25) is 5.02 Å². The molecule has 1 heterocycles. The maximum Gasteiger partial charge on any atom is 0.335 e. The molecule has 1 aromatic rings. The Kier molecular flexibility index (Phi) is 3.54. The number of hydrogen-bond donors (Lipinski definition) is 1. The van der Waals surface area contributed by atoms with Gasteiger partial charge in [0.1, 0.15) is 0 Å². The molecular weight excluding hydrogens is 242 g/mol. The summed E-state index contributed by atoms with van der Waals surface area (Å²) < 4.78 is 5.45. The highest BCUT2D eigenvalue weighted by Gasteiger charge is 2.19. The third-order valence-electron chi connectivity index (χ3n) is 2.78. The topological polar surface area (TPSA) is 49.8 Å². The molecule has 1 aromatic carbocycles. The van der Waals surface area contributed by atoms with Crippen LogP contribution in [-0.2, 0) is 4.74 Å². The van der Waals surface area contributed by atoms with Gasteiger partial charge >= 0.3 is 5.97 Å². The fourth-order valence-electron chi connectivity index (χ4n) is 1.93. The van der Waals surface area contributed by atoms with Crippen LogP contribution < -0.4 is 4.90 Å². The lowest BCUT2D eigenvalue weighted by Gasteiger charge is -2.33. The van der Waals surface area contributed by atoms with E-state index in [1.54, 1.807) is 12.1 Å². The van der Waals surface area contributed by atoms with Crippen molar-refractivity contribution in [2.24, 2.45) is 0 Å². The lowest BCUT2D eigenvalue weighted by Crippen LogP contribution is -2.41. The molecule has 1 unspecified atom stereocenters. The molecule has 0 saturated carbocycles. The van der Waals surface area contributed by atoms with Crippen molar-refractivity contribution in [2.75, 3.05) is 24.6 Å². The van der Waals surface area contributed by atoms with Crippen molar-refractivity contribution in [3.05, 3.63) is 28.8 Å². The van der Waals surface area contributed by atoms with E-state index in [4.69, 9.17) is 21.4 Å². The summed E-state index contributed by atoms with van der Waals surface area (Å²) in [5.74, 6) is -0.964. The average molecular weight is 256 g/mol. The second-order valence-corrected chi connectivity index (χ2v) is 4.51. The first-order valence-electron chi connectivity index (χ1n) is 5.47. The van der Waals surface area contributed by atoms with Gasteiger partial charge in [-0.25, -0.2) is 4.79 Å². The van der Waals surface area contributed by atoms with Crippen LogP contribution in [0.4, 0.5) is 5.69 Å². The number of nitrogens with zero attached hydrogens (tertiary/aromatic N) is 1. The second-order valence-electron chi connectivity index (χ2n) is 4.10. The van der Waals surface area contributed by atoms with Gasteiger partial charge in [-0.2, -0.15) is 0 Å². The SMILES string of the molecule is CC1CN(c2ccc(C(=O)O)cc2Cl)CCO1. The minimum absolute atomic E-state index is 0.166. The van der Waals surface area contributed by atoms with Gasteiger partial charge in [-0.3, -0.25) is 0 Å². The van der Waals surface area contributed by atoms with Crippen molar-refractivity contribution in [1.82, 2.24) is 0 Å². The quantitative estimate of drug-likeness (QED) is 0.881. The molecule has 0 radical (unpaired) electrons. The van der Waals surface area contributed by atoms with E-state index in [2.05, 4.69) is 4.90 Å². The van der Waals surface area contributed by atoms with Crippen molar-refractivity contribution < 1.29 is 14.6 Å². The number of benzene rings is 1. The van der Waals surface area contributed by atoms with Crippen LogP contribution in [0, 0.1) is 0 Å². The predicted octanol–water partition coefficient (Wildman–Crippen LogP) is 2.26. The van der Waals surface area contributed by atoms with E-state index in [0.717, 1.165) is 18.8 Å². The third kappa shape index (κ3) is 2.70. The zero-order valence-electron chi connectivity index (χ0n) is 9.52. The van der Waals surface area contributed by atoms with Gasteiger partial charge in [0.25, 0.3) is 0 Å². The first-order valence-corrected chi connectivity index (χ1v) is 5.85. The predicted molar refractivity (Wildman–Crippen MR) is 66.0 cm³/mol. The highest BCUT2D eigenvalue weighted by molar-refractivity contribution is 6.33. The Morgan fingerprint density at radius 1 is 1.59 bits per heavy atom. The lowest BCUT2D eigenvalue weighted by atomic mass is 10.1. The van der Waals surface area contributed by atoms with E-state index in [9.17, 15) is 4.79 Å². The molecule has 1 fully saturated rings. The molecule has 1 saturated heterocycles. The Labute approximate surface area is 105 Å². The Hall–Kier alpha value is -1.26. The minimum atomic E-state index is -0.964. The number of halogens is 1. The van der Waals surface area contributed by atoms with E-state index in [1.165, 1.54) is 6.07 Å². The first-order chi connectivity index (χ1) is 8.08. The second kappa shape index (κ2) is 4.94. The van der Waals surface area contributed by atoms with Gasteiger partial charge in [0.05, 0.1) is 29.0 Å². The molecule has 1 N–H and O–H groups in total. The Morgan fingerprint density at radius 3 is 2.94 bits per heavy atom. The van der Waals surface area contributed by atoms with Gasteiger partial charge in [-0.1, -0.05) is 11.6 Å². The number of anilines is 1. The molecule has 4 nitrogen and oxygen atoms in total. The van der Waals surface area contributed by atoms with Gasteiger partial charge in [0, 0.05) is 13.1 Å². The summed E-state index contributed by atoms with van der Waals surface area (Å²) in [6.07, 6.45) is 0.166. The van der Waals surface area contributed by atoms with Gasteiger partial charge in [-0.05, 0) is 25.1 Å². The number of rotatable bonds is 2. The lowest BCUT2D eigenvalue weighted by molar-refractivity contribution is 0.0532. The number of aromatic carboxylic acids is 1. The van der Waals surface area contributed by atoms with Crippen molar-refractivity contribution in [2.45, 2.75) is 13.0 Å². The maximum absolute atomic E-state index is 10.8. The molecule has 1 aliphatic rings. The number of ether oxygens (including phenoxy) is 1. The largest absolute Gasteiger partial charge is 0.478 e. The van der Waals surface area contributed by atoms with E-state index in [0.29, 0.717) is 11.6 Å². The molecule has 2 rings (SSSR count). The number of carbonyl (C=O) groups is 1. The van der Waals surface area contributed by atoms with E-state index < -0.39 is 5.97 Å². The van der Waals surface area contributed by atoms with E-state index in [-0.39, 0.29) is 11.7 Å². The summed E-state index contributed by atoms with van der Waals surface area (Å²) in [5.41, 5.74) is 1.08. The molecule has 17 heavy (non-hydrogen) atoms. The molecule has 92 valence electrons. The highest BCUT2D eigenvalue weighted by atomic mass is 35.5. The fourth-order valence-corrected chi connectivity index (χ4v) is 2.23. The molecule has 5 heteroatoms. The zero-order chi connectivity index (χ0) is 12.4. The van der Waals surface area contributed by atoms with Crippen LogP contribution >= 0.6 is 11.6 Å². The molecule has 0 aliphatic carbocycles. The Bertz CT molecular complexity index is 436. The van der Waals surface area contributed by atoms with E-state index in [1.807, 2.05) is 6.92 Å². The summed E-state index contributed by atoms with van der Waals surface area (Å²) in [4.78, 5) is 12.9. The molecule has 1 aliphatic heterocycles. The standard InChI is InChI=1S/C12H14ClNO3/c1-8-7-14(4-5-17-8)11-3-2-9(12(15)16)6-10(11)13/h2-3,6,8H,4-5,7H2,1H3,(H,15,16). The molecular formula is C12H14ClNO3. The van der Waals surface area contributed by atoms with Gasteiger partial charge in [0.15, 0.2) is 0 Å². The van der Waals surface area contributed by atoms with Crippen molar-refractivity contribution in [1.29, 1.82) is 0 Å². The molecule has 0 aromatic heterocycles. The number of morpholine rings is 1. The van der Waals surface area contributed by atoms with Gasteiger partial charge in [-0.15, -0.1) is 0 Å². The fraction of sp³-hybridized carbons (Fsp3) is 0.417. The smallest absolute Gasteiger partial charge is 0.335 e. The minimum Gasteiger partial charge on any atom is -0.478 e. The Balaban J connectivity index is 2.23. The third-order valence-corrected chi connectivity index (χ3v) is 3.08. The molecule has 1 atom stereocenters. The normalized spacial score (nSPS) is 20.4. The van der Waals surface area contributed by atoms with Crippen molar-refractivity contribution in [3.8, 4) is 0 Å². The van der Waals surface area contributed by atoms with Gasteiger partial charge < -0.3 is 14.7 Å². The van der Waals surface area contributed by atoms with Crippen molar-refractivity contribution >= 4 is 23.3 Å². The van der Waals surface area contributed by atoms with Crippen LogP contribution in [-0.4, -0.2) is 36.9 Å². The van der Waals surface area contributed by atoms with Crippen LogP contribution in [0.5, 0.6) is 0 Å². The Morgan fingerprint density at radius 2 is 2.35 bits per heavy atom. The molecule has 0 bridgehead atoms. The summed E-state index contributed by atoms with van der Waals surface area (Å²) in [6.45, 7) is 4.21. The first kappa shape index (κ1) is 12.2. The molecule has 0 amide bonds. The van der Waals surface area contributed by atoms with E-state index >= 15 is 0 Å². The number of carboxylic acid groups (broad SMARTS) is 1. The van der Waals surface area contributed by atoms with Crippen LogP contribution in [0.15, 0.2) is 18.2 Å². The van der Waals surface area contributed by atoms with Crippen LogP contribution in [0.25, 0.3) is 0 Å². The maximum atomic E-state index is 10.8. The van der Waals surface area contributed by atoms with Crippen LogP contribution in [0.1, 0.15) is 17.3 Å². The summed E-state index contributed by atoms with van der Waals surface area (Å²) in [5, 5.41) is 9.33. The van der Waals surface area contributed by atoms with Crippen molar-refractivity contribution in [3.63, 3.8) is 0 Å². The number of carboxylic acids is 1. The monoisotopic (exact) mass is 255 g/mol. The van der Waals surface area contributed by atoms with Crippen LogP contribution in [0.3, 0.4) is 0 Å². The molecule has 0 spiro atoms. The highest BCUT2D eigenvalue weighted by Crippen LogP contribution is 2.28. The summed E-state index contributed by atoms with van der Waals surface area (Å²) >= 11 is 6.11. The van der Waals surface area contributed by atoms with Gasteiger partial charge in [0.2, 0.25) is 0 Å². The zero-order valence-corrected chi connectivity index (χ0v) is 10.3. The number of hydrogen-bond acceptors (Lipinski definition) is 3.